The second kappa shape index (κ2) is 9.83. The molecule has 5 aromatic carbocycles. The van der Waals surface area contributed by atoms with Crippen molar-refractivity contribution in [3.63, 3.8) is 0 Å². The van der Waals surface area contributed by atoms with Crippen LogP contribution in [0, 0.1) is 13.8 Å². The van der Waals surface area contributed by atoms with Gasteiger partial charge in [-0.1, -0.05) is 97.1 Å². The van der Waals surface area contributed by atoms with Crippen molar-refractivity contribution in [2.24, 2.45) is 0 Å². The number of hydrogen-bond acceptors (Lipinski definition) is 4. The lowest BCUT2D eigenvalue weighted by Crippen LogP contribution is -1.97. The molecule has 7 aromatic rings. The van der Waals surface area contributed by atoms with Crippen molar-refractivity contribution in [3.05, 3.63) is 132 Å². The molecule has 0 saturated carbocycles. The van der Waals surface area contributed by atoms with Gasteiger partial charge >= 0.3 is 0 Å². The molecule has 0 fully saturated rings. The smallest absolute Gasteiger partial charge is 0.0973 e. The summed E-state index contributed by atoms with van der Waals surface area (Å²) < 4.78 is 0. The average Bonchev–Trinajstić information content (AvgIpc) is 3.00. The van der Waals surface area contributed by atoms with Gasteiger partial charge in [-0.25, -0.2) is 19.9 Å². The Morgan fingerprint density at radius 1 is 0.325 bits per heavy atom. The van der Waals surface area contributed by atoms with Crippen LogP contribution in [0.2, 0.25) is 0 Å². The molecular formula is C36H26N4. The number of rotatable bonds is 4. The lowest BCUT2D eigenvalue weighted by atomic mass is 9.99. The Balaban J connectivity index is 1.40. The van der Waals surface area contributed by atoms with Gasteiger partial charge < -0.3 is 0 Å². The predicted octanol–water partition coefficient (Wildman–Crippen LogP) is 8.86. The van der Waals surface area contributed by atoms with E-state index >= 15 is 0 Å². The summed E-state index contributed by atoms with van der Waals surface area (Å²) in [5, 5.41) is 0. The van der Waals surface area contributed by atoms with Gasteiger partial charge in [-0.2, -0.15) is 0 Å². The van der Waals surface area contributed by atoms with E-state index in [1.807, 2.05) is 48.5 Å². The van der Waals surface area contributed by atoms with Gasteiger partial charge in [0, 0.05) is 22.3 Å². The molecule has 0 saturated heterocycles. The molecule has 40 heavy (non-hydrogen) atoms. The predicted molar refractivity (Wildman–Crippen MR) is 164 cm³/mol. The van der Waals surface area contributed by atoms with Crippen molar-refractivity contribution < 1.29 is 0 Å². The first kappa shape index (κ1) is 23.9. The highest BCUT2D eigenvalue weighted by molar-refractivity contribution is 5.89. The Kier molecular flexibility index (Phi) is 5.86. The highest BCUT2D eigenvalue weighted by Gasteiger charge is 2.16. The van der Waals surface area contributed by atoms with Crippen molar-refractivity contribution in [2.75, 3.05) is 0 Å². The van der Waals surface area contributed by atoms with E-state index in [4.69, 9.17) is 19.9 Å². The summed E-state index contributed by atoms with van der Waals surface area (Å²) in [7, 11) is 0. The molecule has 2 aromatic heterocycles. The van der Waals surface area contributed by atoms with E-state index in [2.05, 4.69) is 86.6 Å². The Hall–Kier alpha value is -5.22. The van der Waals surface area contributed by atoms with E-state index in [1.165, 1.54) is 0 Å². The number of nitrogens with zero attached hydrogens (tertiary/aromatic N) is 4. The molecule has 4 heteroatoms. The maximum Gasteiger partial charge on any atom is 0.0973 e. The quantitative estimate of drug-likeness (QED) is 0.235. The minimum absolute atomic E-state index is 0.861. The van der Waals surface area contributed by atoms with Crippen LogP contribution >= 0.6 is 0 Å². The second-order valence-corrected chi connectivity index (χ2v) is 10.1. The molecule has 0 aliphatic rings. The van der Waals surface area contributed by atoms with E-state index in [9.17, 15) is 0 Å². The summed E-state index contributed by atoms with van der Waals surface area (Å²) >= 11 is 0. The van der Waals surface area contributed by atoms with Crippen molar-refractivity contribution in [2.45, 2.75) is 13.8 Å². The topological polar surface area (TPSA) is 51.6 Å². The summed E-state index contributed by atoms with van der Waals surface area (Å²) in [6, 6.07) is 41.4. The normalized spacial score (nSPS) is 11.2. The highest BCUT2D eigenvalue weighted by atomic mass is 14.8. The minimum Gasteiger partial charge on any atom is -0.244 e. The first-order valence-electron chi connectivity index (χ1n) is 13.4. The largest absolute Gasteiger partial charge is 0.244 e. The van der Waals surface area contributed by atoms with E-state index in [0.29, 0.717) is 0 Å². The Morgan fingerprint density at radius 3 is 1.02 bits per heavy atom. The summed E-state index contributed by atoms with van der Waals surface area (Å²) in [6.45, 7) is 4.16. The number of hydrogen-bond donors (Lipinski definition) is 0. The summed E-state index contributed by atoms with van der Waals surface area (Å²) in [4.78, 5) is 20.3. The number of aryl methyl sites for hydroxylation is 2. The zero-order valence-corrected chi connectivity index (χ0v) is 22.3. The fraction of sp³-hybridized carbons (Fsp3) is 0.0556. The van der Waals surface area contributed by atoms with Gasteiger partial charge in [0.15, 0.2) is 0 Å². The van der Waals surface area contributed by atoms with E-state index in [0.717, 1.165) is 78.2 Å². The Labute approximate surface area is 233 Å². The van der Waals surface area contributed by atoms with E-state index in [1.54, 1.807) is 0 Å². The SMILES string of the molecule is Cc1ccc2nc(-c3ccccc3)c(-c3ccc(-c4nc5cc(C)ccc5nc4-c4ccccc4)cc3)nc2c1. The molecule has 0 amide bonds. The first-order chi connectivity index (χ1) is 19.6. The molecule has 0 bridgehead atoms. The number of fused-ring (bicyclic) bond motifs is 2. The molecular weight excluding hydrogens is 488 g/mol. The molecule has 0 aliphatic heterocycles. The van der Waals surface area contributed by atoms with Crippen LogP contribution < -0.4 is 0 Å². The Morgan fingerprint density at radius 2 is 0.650 bits per heavy atom. The average molecular weight is 515 g/mol. The lowest BCUT2D eigenvalue weighted by Gasteiger charge is -2.13. The number of benzene rings is 5. The summed E-state index contributed by atoms with van der Waals surface area (Å²) in [5.74, 6) is 0. The van der Waals surface area contributed by atoms with E-state index in [-0.39, 0.29) is 0 Å². The van der Waals surface area contributed by atoms with Crippen LogP contribution in [0.15, 0.2) is 121 Å². The molecule has 2 heterocycles. The highest BCUT2D eigenvalue weighted by Crippen LogP contribution is 2.35. The minimum atomic E-state index is 0.861. The molecule has 4 nitrogen and oxygen atoms in total. The third kappa shape index (κ3) is 4.40. The number of aromatic nitrogens is 4. The molecule has 0 N–H and O–H groups in total. The van der Waals surface area contributed by atoms with E-state index < -0.39 is 0 Å². The van der Waals surface area contributed by atoms with Crippen molar-refractivity contribution >= 4 is 22.1 Å². The van der Waals surface area contributed by atoms with Crippen LogP contribution in [0.5, 0.6) is 0 Å². The standard InChI is InChI=1S/C36H26N4/c1-23-13-19-29-31(21-23)39-35(33(37-29)25-9-5-3-6-10-25)27-15-17-28(18-16-27)36-34(26-11-7-4-8-12-26)38-30-20-14-24(2)22-32(30)40-36/h3-22H,1-2H3. The zero-order chi connectivity index (χ0) is 27.1. The van der Waals surface area contributed by atoms with Gasteiger partial charge in [0.1, 0.15) is 0 Å². The van der Waals surface area contributed by atoms with Crippen molar-refractivity contribution in [1.82, 2.24) is 19.9 Å². The van der Waals surface area contributed by atoms with Crippen LogP contribution in [-0.4, -0.2) is 19.9 Å². The maximum absolute atomic E-state index is 5.11. The summed E-state index contributed by atoms with van der Waals surface area (Å²) in [5.41, 5.74) is 13.4. The molecule has 0 radical (unpaired) electrons. The maximum atomic E-state index is 5.11. The van der Waals surface area contributed by atoms with Crippen LogP contribution in [0.25, 0.3) is 67.1 Å². The van der Waals surface area contributed by atoms with Crippen molar-refractivity contribution in [3.8, 4) is 45.0 Å². The molecule has 0 aliphatic carbocycles. The first-order valence-corrected chi connectivity index (χ1v) is 13.4. The zero-order valence-electron chi connectivity index (χ0n) is 22.3. The van der Waals surface area contributed by atoms with Crippen molar-refractivity contribution in [1.29, 1.82) is 0 Å². The summed E-state index contributed by atoms with van der Waals surface area (Å²) in [6.07, 6.45) is 0. The monoisotopic (exact) mass is 514 g/mol. The van der Waals surface area contributed by atoms with Gasteiger partial charge in [-0.05, 0) is 49.2 Å². The van der Waals surface area contributed by atoms with Crippen LogP contribution in [-0.2, 0) is 0 Å². The van der Waals surface area contributed by atoms with Gasteiger partial charge in [0.2, 0.25) is 0 Å². The van der Waals surface area contributed by atoms with Gasteiger partial charge in [0.05, 0.1) is 44.8 Å². The molecule has 0 atom stereocenters. The fourth-order valence-corrected chi connectivity index (χ4v) is 5.11. The van der Waals surface area contributed by atoms with Gasteiger partial charge in [-0.15, -0.1) is 0 Å². The fourth-order valence-electron chi connectivity index (χ4n) is 5.11. The third-order valence-corrected chi connectivity index (χ3v) is 7.17. The van der Waals surface area contributed by atoms with Crippen LogP contribution in [0.1, 0.15) is 11.1 Å². The lowest BCUT2D eigenvalue weighted by molar-refractivity contribution is 1.27. The van der Waals surface area contributed by atoms with Crippen LogP contribution in [0.4, 0.5) is 0 Å². The molecule has 190 valence electrons. The molecule has 0 spiro atoms. The second-order valence-electron chi connectivity index (χ2n) is 10.1. The molecule has 0 unspecified atom stereocenters. The molecule has 7 rings (SSSR count). The van der Waals surface area contributed by atoms with Crippen LogP contribution in [0.3, 0.4) is 0 Å². The third-order valence-electron chi connectivity index (χ3n) is 7.17. The van der Waals surface area contributed by atoms with Gasteiger partial charge in [0.25, 0.3) is 0 Å². The van der Waals surface area contributed by atoms with Gasteiger partial charge in [-0.3, -0.25) is 0 Å². The Bertz CT molecular complexity index is 1850.